The molecule has 0 aliphatic carbocycles. The van der Waals surface area contributed by atoms with Crippen molar-refractivity contribution in [2.24, 2.45) is 0 Å². The highest BCUT2D eigenvalue weighted by molar-refractivity contribution is 9.10. The van der Waals surface area contributed by atoms with Gasteiger partial charge in [0.2, 0.25) is 0 Å². The van der Waals surface area contributed by atoms with Gasteiger partial charge in [0, 0.05) is 4.47 Å². The lowest BCUT2D eigenvalue weighted by Crippen LogP contribution is -2.27. The monoisotopic (exact) mass is 573 g/mol. The first-order valence-corrected chi connectivity index (χ1v) is 13.3. The third kappa shape index (κ3) is 5.43. The molecular formula is C30H24BrNO4S. The molecule has 5 nitrogen and oxygen atoms in total. The summed E-state index contributed by atoms with van der Waals surface area (Å²) in [4.78, 5) is 27.7. The maximum absolute atomic E-state index is 13.2. The third-order valence-corrected chi connectivity index (χ3v) is 7.76. The molecule has 0 saturated carbocycles. The van der Waals surface area contributed by atoms with Crippen LogP contribution >= 0.6 is 27.7 Å². The standard InChI is InChI=1S/C30H24BrNO4S/c1-19-10-12-20(13-11-19)18-36-27-16-25(31)23(14-26(27)35-2)15-28-29(33)32(30(34)37-28)17-22-8-5-7-21-6-3-4-9-24(21)22/h3-16H,17-18H2,1-2H3/b28-15+. The summed E-state index contributed by atoms with van der Waals surface area (Å²) in [6.45, 7) is 2.66. The minimum absolute atomic E-state index is 0.222. The zero-order chi connectivity index (χ0) is 25.9. The Hall–Kier alpha value is -3.55. The number of aryl methyl sites for hydroxylation is 1. The molecule has 4 aromatic rings. The van der Waals surface area contributed by atoms with E-state index in [9.17, 15) is 9.59 Å². The van der Waals surface area contributed by atoms with Gasteiger partial charge in [-0.25, -0.2) is 0 Å². The van der Waals surface area contributed by atoms with Gasteiger partial charge in [-0.15, -0.1) is 0 Å². The fourth-order valence-electron chi connectivity index (χ4n) is 4.16. The summed E-state index contributed by atoms with van der Waals surface area (Å²) in [6.07, 6.45) is 1.71. The lowest BCUT2D eigenvalue weighted by Gasteiger charge is -2.14. The van der Waals surface area contributed by atoms with Crippen molar-refractivity contribution in [1.29, 1.82) is 0 Å². The quantitative estimate of drug-likeness (QED) is 0.212. The lowest BCUT2D eigenvalue weighted by molar-refractivity contribution is -0.123. The summed E-state index contributed by atoms with van der Waals surface area (Å²) in [5.41, 5.74) is 3.89. The molecule has 1 heterocycles. The second-order valence-electron chi connectivity index (χ2n) is 8.70. The summed E-state index contributed by atoms with van der Waals surface area (Å²) in [7, 11) is 1.57. The van der Waals surface area contributed by atoms with Gasteiger partial charge < -0.3 is 9.47 Å². The maximum atomic E-state index is 13.2. The van der Waals surface area contributed by atoms with Crippen LogP contribution in [0.15, 0.2) is 88.2 Å². The SMILES string of the molecule is COc1cc(/C=C2/SC(=O)N(Cc3cccc4ccccc34)C2=O)c(Br)cc1OCc1ccc(C)cc1. The number of hydrogen-bond donors (Lipinski definition) is 0. The number of carbonyl (C=O) groups excluding carboxylic acids is 2. The highest BCUT2D eigenvalue weighted by Crippen LogP contribution is 2.39. The zero-order valence-corrected chi connectivity index (χ0v) is 22.8. The van der Waals surface area contributed by atoms with Gasteiger partial charge in [-0.1, -0.05) is 88.2 Å². The smallest absolute Gasteiger partial charge is 0.293 e. The van der Waals surface area contributed by atoms with Gasteiger partial charge in [0.1, 0.15) is 6.61 Å². The van der Waals surface area contributed by atoms with E-state index in [-0.39, 0.29) is 17.7 Å². The van der Waals surface area contributed by atoms with Crippen molar-refractivity contribution in [2.45, 2.75) is 20.1 Å². The molecule has 2 amide bonds. The van der Waals surface area contributed by atoms with Crippen molar-refractivity contribution in [3.8, 4) is 11.5 Å². The number of thioether (sulfide) groups is 1. The predicted molar refractivity (Wildman–Crippen MR) is 152 cm³/mol. The van der Waals surface area contributed by atoms with Crippen LogP contribution < -0.4 is 9.47 Å². The van der Waals surface area contributed by atoms with Gasteiger partial charge in [-0.3, -0.25) is 14.5 Å². The van der Waals surface area contributed by atoms with Crippen LogP contribution in [0.5, 0.6) is 11.5 Å². The van der Waals surface area contributed by atoms with Crippen LogP contribution in [0.4, 0.5) is 4.79 Å². The number of carbonyl (C=O) groups is 2. The van der Waals surface area contributed by atoms with E-state index in [2.05, 4.69) is 15.9 Å². The number of hydrogen-bond acceptors (Lipinski definition) is 5. The first kappa shape index (κ1) is 25.1. The van der Waals surface area contributed by atoms with Crippen molar-refractivity contribution >= 4 is 55.7 Å². The topological polar surface area (TPSA) is 55.8 Å². The second-order valence-corrected chi connectivity index (χ2v) is 10.6. The lowest BCUT2D eigenvalue weighted by atomic mass is 10.0. The number of fused-ring (bicyclic) bond motifs is 1. The molecule has 0 unspecified atom stereocenters. The van der Waals surface area contributed by atoms with E-state index in [1.165, 1.54) is 10.5 Å². The number of rotatable bonds is 7. The van der Waals surface area contributed by atoms with Crippen molar-refractivity contribution < 1.29 is 19.1 Å². The van der Waals surface area contributed by atoms with Gasteiger partial charge >= 0.3 is 0 Å². The fourth-order valence-corrected chi connectivity index (χ4v) is 5.42. The van der Waals surface area contributed by atoms with Crippen LogP contribution in [0.1, 0.15) is 22.3 Å². The first-order chi connectivity index (χ1) is 17.9. The van der Waals surface area contributed by atoms with Crippen molar-refractivity contribution in [3.05, 3.63) is 110 Å². The van der Waals surface area contributed by atoms with Gasteiger partial charge in [-0.2, -0.15) is 0 Å². The van der Waals surface area contributed by atoms with E-state index >= 15 is 0 Å². The number of methoxy groups -OCH3 is 1. The van der Waals surface area contributed by atoms with E-state index in [1.807, 2.05) is 79.7 Å². The van der Waals surface area contributed by atoms with Crippen LogP contribution in [0, 0.1) is 6.92 Å². The number of ether oxygens (including phenoxy) is 2. The Morgan fingerprint density at radius 2 is 1.70 bits per heavy atom. The third-order valence-electron chi connectivity index (χ3n) is 6.17. The molecule has 0 atom stereocenters. The maximum Gasteiger partial charge on any atom is 0.293 e. The number of halogens is 1. The number of amides is 2. The zero-order valence-electron chi connectivity index (χ0n) is 20.4. The Balaban J connectivity index is 1.36. The molecule has 37 heavy (non-hydrogen) atoms. The molecule has 1 saturated heterocycles. The average Bonchev–Trinajstić information content (AvgIpc) is 3.17. The van der Waals surface area contributed by atoms with Crippen LogP contribution in [-0.4, -0.2) is 23.2 Å². The summed E-state index contributed by atoms with van der Waals surface area (Å²) >= 11 is 4.53. The number of imide groups is 1. The van der Waals surface area contributed by atoms with Crippen molar-refractivity contribution in [2.75, 3.05) is 7.11 Å². The molecule has 1 fully saturated rings. The average molecular weight is 574 g/mol. The number of nitrogens with zero attached hydrogens (tertiary/aromatic N) is 1. The Morgan fingerprint density at radius 1 is 0.946 bits per heavy atom. The number of benzene rings is 4. The van der Waals surface area contributed by atoms with Crippen LogP contribution in [-0.2, 0) is 17.9 Å². The fraction of sp³-hybridized carbons (Fsp3) is 0.133. The van der Waals surface area contributed by atoms with Crippen LogP contribution in [0.25, 0.3) is 16.8 Å². The van der Waals surface area contributed by atoms with Gasteiger partial charge in [0.15, 0.2) is 11.5 Å². The molecule has 7 heteroatoms. The van der Waals surface area contributed by atoms with E-state index < -0.39 is 0 Å². The van der Waals surface area contributed by atoms with Crippen LogP contribution in [0.3, 0.4) is 0 Å². The first-order valence-electron chi connectivity index (χ1n) is 11.7. The largest absolute Gasteiger partial charge is 0.493 e. The molecule has 5 rings (SSSR count). The van der Waals surface area contributed by atoms with Crippen molar-refractivity contribution in [1.82, 2.24) is 4.90 Å². The Kier molecular flexibility index (Phi) is 7.35. The molecule has 0 N–H and O–H groups in total. The minimum atomic E-state index is -0.312. The van der Waals surface area contributed by atoms with E-state index in [4.69, 9.17) is 9.47 Å². The summed E-state index contributed by atoms with van der Waals surface area (Å²) < 4.78 is 12.3. The second kappa shape index (κ2) is 10.8. The molecular weight excluding hydrogens is 550 g/mol. The molecule has 0 aromatic heterocycles. The molecule has 0 radical (unpaired) electrons. The summed E-state index contributed by atoms with van der Waals surface area (Å²) in [5, 5.41) is 1.82. The molecule has 1 aliphatic rings. The van der Waals surface area contributed by atoms with Gasteiger partial charge in [0.25, 0.3) is 11.1 Å². The Bertz CT molecular complexity index is 1530. The molecule has 1 aliphatic heterocycles. The highest BCUT2D eigenvalue weighted by atomic mass is 79.9. The van der Waals surface area contributed by atoms with Gasteiger partial charge in [-0.05, 0) is 64.4 Å². The normalized spacial score (nSPS) is 14.6. The van der Waals surface area contributed by atoms with Crippen LogP contribution in [0.2, 0.25) is 0 Å². The Labute approximate surface area is 228 Å². The summed E-state index contributed by atoms with van der Waals surface area (Å²) in [6, 6.07) is 25.6. The predicted octanol–water partition coefficient (Wildman–Crippen LogP) is 7.73. The minimum Gasteiger partial charge on any atom is -0.493 e. The molecule has 0 spiro atoms. The van der Waals surface area contributed by atoms with E-state index in [0.29, 0.717) is 23.0 Å². The van der Waals surface area contributed by atoms with E-state index in [0.717, 1.165) is 43.7 Å². The van der Waals surface area contributed by atoms with Crippen molar-refractivity contribution in [3.63, 3.8) is 0 Å². The Morgan fingerprint density at radius 3 is 2.49 bits per heavy atom. The van der Waals surface area contributed by atoms with E-state index in [1.54, 1.807) is 19.3 Å². The highest BCUT2D eigenvalue weighted by Gasteiger charge is 2.35. The molecule has 4 aromatic carbocycles. The molecule has 0 bridgehead atoms. The summed E-state index contributed by atoms with van der Waals surface area (Å²) in [5.74, 6) is 0.807. The van der Waals surface area contributed by atoms with Gasteiger partial charge in [0.05, 0.1) is 18.6 Å². The molecule has 186 valence electrons.